The van der Waals surface area contributed by atoms with E-state index in [1.165, 1.54) is 7.11 Å². The Labute approximate surface area is 116 Å². The number of carbonyl (C=O) groups excluding carboxylic acids is 1. The number of anilines is 2. The van der Waals surface area contributed by atoms with Crippen molar-refractivity contribution < 1.29 is 9.53 Å². The van der Waals surface area contributed by atoms with Gasteiger partial charge in [0, 0.05) is 11.8 Å². The number of para-hydroxylation sites is 1. The van der Waals surface area contributed by atoms with Gasteiger partial charge in [0.2, 0.25) is 0 Å². The summed E-state index contributed by atoms with van der Waals surface area (Å²) in [6, 6.07) is 13.6. The summed E-state index contributed by atoms with van der Waals surface area (Å²) in [5.41, 5.74) is 7.37. The van der Waals surface area contributed by atoms with Crippen LogP contribution in [-0.2, 0) is 0 Å². The Morgan fingerprint density at radius 1 is 1.30 bits per heavy atom. The van der Waals surface area contributed by atoms with E-state index >= 15 is 0 Å². The van der Waals surface area contributed by atoms with Gasteiger partial charge in [0.25, 0.3) is 5.91 Å². The van der Waals surface area contributed by atoms with Crippen LogP contribution in [0, 0.1) is 11.3 Å². The third-order valence-corrected chi connectivity index (χ3v) is 2.77. The zero-order valence-electron chi connectivity index (χ0n) is 10.9. The third kappa shape index (κ3) is 2.70. The molecule has 2 rings (SSSR count). The molecule has 0 aromatic heterocycles. The molecule has 2 aromatic rings. The maximum Gasteiger partial charge on any atom is 0.259 e. The van der Waals surface area contributed by atoms with Crippen molar-refractivity contribution in [3.05, 3.63) is 53.6 Å². The van der Waals surface area contributed by atoms with Gasteiger partial charge in [-0.1, -0.05) is 12.1 Å². The van der Waals surface area contributed by atoms with Crippen LogP contribution < -0.4 is 15.8 Å². The van der Waals surface area contributed by atoms with Crippen LogP contribution in [0.5, 0.6) is 5.75 Å². The zero-order chi connectivity index (χ0) is 14.5. The molecule has 20 heavy (non-hydrogen) atoms. The first-order chi connectivity index (χ1) is 9.65. The molecule has 3 N–H and O–H groups in total. The molecule has 0 aliphatic rings. The summed E-state index contributed by atoms with van der Waals surface area (Å²) in [6.45, 7) is 0. The lowest BCUT2D eigenvalue weighted by atomic mass is 10.1. The number of rotatable bonds is 3. The Morgan fingerprint density at radius 3 is 2.75 bits per heavy atom. The van der Waals surface area contributed by atoms with E-state index in [1.54, 1.807) is 42.5 Å². The lowest BCUT2D eigenvalue weighted by Gasteiger charge is -2.10. The van der Waals surface area contributed by atoms with E-state index in [2.05, 4.69) is 5.32 Å². The van der Waals surface area contributed by atoms with Gasteiger partial charge in [-0.2, -0.15) is 5.26 Å². The maximum absolute atomic E-state index is 12.2. The fourth-order valence-corrected chi connectivity index (χ4v) is 1.77. The monoisotopic (exact) mass is 267 g/mol. The van der Waals surface area contributed by atoms with E-state index in [9.17, 15) is 4.79 Å². The van der Waals surface area contributed by atoms with Gasteiger partial charge in [0.05, 0.1) is 23.9 Å². The fourth-order valence-electron chi connectivity index (χ4n) is 1.77. The summed E-state index contributed by atoms with van der Waals surface area (Å²) in [4.78, 5) is 12.2. The van der Waals surface area contributed by atoms with Crippen LogP contribution in [0.4, 0.5) is 11.4 Å². The number of nitrogens with two attached hydrogens (primary N) is 1. The van der Waals surface area contributed by atoms with Crippen molar-refractivity contribution >= 4 is 17.3 Å². The highest BCUT2D eigenvalue weighted by molar-refractivity contribution is 6.07. The highest BCUT2D eigenvalue weighted by Crippen LogP contribution is 2.23. The second kappa shape index (κ2) is 5.76. The fraction of sp³-hybridized carbons (Fsp3) is 0.0667. The Morgan fingerprint density at radius 2 is 2.05 bits per heavy atom. The molecular weight excluding hydrogens is 254 g/mol. The number of carbonyl (C=O) groups is 1. The standard InChI is InChI=1S/C15H13N3O2/c1-20-14-8-11(17)6-7-12(14)15(19)18-13-5-3-2-4-10(13)9-16/h2-8H,17H2,1H3,(H,18,19). The van der Waals surface area contributed by atoms with E-state index in [0.29, 0.717) is 28.3 Å². The van der Waals surface area contributed by atoms with E-state index in [0.717, 1.165) is 0 Å². The first-order valence-corrected chi connectivity index (χ1v) is 5.89. The number of methoxy groups -OCH3 is 1. The maximum atomic E-state index is 12.2. The van der Waals surface area contributed by atoms with Gasteiger partial charge in [-0.05, 0) is 24.3 Å². The van der Waals surface area contributed by atoms with Crippen LogP contribution in [0.3, 0.4) is 0 Å². The summed E-state index contributed by atoms with van der Waals surface area (Å²) in [5, 5.41) is 11.7. The van der Waals surface area contributed by atoms with Crippen molar-refractivity contribution in [1.29, 1.82) is 5.26 Å². The Hall–Kier alpha value is -3.00. The number of hydrogen-bond donors (Lipinski definition) is 2. The lowest BCUT2D eigenvalue weighted by Crippen LogP contribution is -2.14. The summed E-state index contributed by atoms with van der Waals surface area (Å²) < 4.78 is 5.14. The lowest BCUT2D eigenvalue weighted by molar-refractivity contribution is 0.102. The number of ether oxygens (including phenoxy) is 1. The van der Waals surface area contributed by atoms with E-state index < -0.39 is 0 Å². The first-order valence-electron chi connectivity index (χ1n) is 5.89. The summed E-state index contributed by atoms with van der Waals surface area (Å²) in [7, 11) is 1.47. The minimum Gasteiger partial charge on any atom is -0.496 e. The molecule has 0 fully saturated rings. The van der Waals surface area contributed by atoms with Crippen LogP contribution in [-0.4, -0.2) is 13.0 Å². The second-order valence-corrected chi connectivity index (χ2v) is 4.07. The second-order valence-electron chi connectivity index (χ2n) is 4.07. The zero-order valence-corrected chi connectivity index (χ0v) is 10.9. The molecule has 0 radical (unpaired) electrons. The summed E-state index contributed by atoms with van der Waals surface area (Å²) in [6.07, 6.45) is 0. The normalized spacial score (nSPS) is 9.60. The smallest absolute Gasteiger partial charge is 0.259 e. The van der Waals surface area contributed by atoms with Gasteiger partial charge in [0.15, 0.2) is 0 Å². The molecule has 5 nitrogen and oxygen atoms in total. The van der Waals surface area contributed by atoms with Crippen LogP contribution in [0.25, 0.3) is 0 Å². The van der Waals surface area contributed by atoms with Crippen molar-refractivity contribution in [2.45, 2.75) is 0 Å². The largest absolute Gasteiger partial charge is 0.496 e. The number of benzene rings is 2. The van der Waals surface area contributed by atoms with Crippen LogP contribution in [0.15, 0.2) is 42.5 Å². The quantitative estimate of drug-likeness (QED) is 0.836. The molecule has 1 amide bonds. The van der Waals surface area contributed by atoms with Gasteiger partial charge < -0.3 is 15.8 Å². The topological polar surface area (TPSA) is 88.1 Å². The van der Waals surface area contributed by atoms with E-state index in [-0.39, 0.29) is 5.91 Å². The highest BCUT2D eigenvalue weighted by atomic mass is 16.5. The molecule has 0 aliphatic heterocycles. The average molecular weight is 267 g/mol. The molecule has 5 heteroatoms. The predicted molar refractivity (Wildman–Crippen MR) is 76.5 cm³/mol. The Balaban J connectivity index is 2.31. The molecule has 0 bridgehead atoms. The van der Waals surface area contributed by atoms with E-state index in [1.807, 2.05) is 6.07 Å². The molecular formula is C15H13N3O2. The van der Waals surface area contributed by atoms with Crippen LogP contribution in [0.2, 0.25) is 0 Å². The first kappa shape index (κ1) is 13.4. The molecule has 2 aromatic carbocycles. The SMILES string of the molecule is COc1cc(N)ccc1C(=O)Nc1ccccc1C#N. The predicted octanol–water partition coefficient (Wildman–Crippen LogP) is 2.40. The number of nitrogens with one attached hydrogen (secondary N) is 1. The van der Waals surface area contributed by atoms with Crippen molar-refractivity contribution in [2.75, 3.05) is 18.2 Å². The molecule has 0 atom stereocenters. The molecule has 0 unspecified atom stereocenters. The van der Waals surface area contributed by atoms with E-state index in [4.69, 9.17) is 15.7 Å². The Kier molecular flexibility index (Phi) is 3.87. The average Bonchev–Trinajstić information content (AvgIpc) is 2.47. The summed E-state index contributed by atoms with van der Waals surface area (Å²) in [5.74, 6) is 0.0292. The van der Waals surface area contributed by atoms with Crippen molar-refractivity contribution in [3.63, 3.8) is 0 Å². The van der Waals surface area contributed by atoms with Gasteiger partial charge in [0.1, 0.15) is 11.8 Å². The number of nitriles is 1. The van der Waals surface area contributed by atoms with Crippen LogP contribution in [0.1, 0.15) is 15.9 Å². The number of amides is 1. The molecule has 0 saturated heterocycles. The third-order valence-electron chi connectivity index (χ3n) is 2.77. The summed E-state index contributed by atoms with van der Waals surface area (Å²) >= 11 is 0. The minimum atomic E-state index is -0.357. The van der Waals surface area contributed by atoms with Gasteiger partial charge in [-0.15, -0.1) is 0 Å². The van der Waals surface area contributed by atoms with Crippen molar-refractivity contribution in [1.82, 2.24) is 0 Å². The molecule has 0 saturated carbocycles. The highest BCUT2D eigenvalue weighted by Gasteiger charge is 2.14. The van der Waals surface area contributed by atoms with Gasteiger partial charge in [-0.3, -0.25) is 4.79 Å². The number of nitrogens with zero attached hydrogens (tertiary/aromatic N) is 1. The number of nitrogen functional groups attached to an aromatic ring is 1. The molecule has 100 valence electrons. The van der Waals surface area contributed by atoms with Gasteiger partial charge >= 0.3 is 0 Å². The molecule has 0 spiro atoms. The minimum absolute atomic E-state index is 0.356. The number of hydrogen-bond acceptors (Lipinski definition) is 4. The Bertz CT molecular complexity index is 690. The van der Waals surface area contributed by atoms with Crippen molar-refractivity contribution in [3.8, 4) is 11.8 Å². The molecule has 0 aliphatic carbocycles. The molecule has 0 heterocycles. The van der Waals surface area contributed by atoms with Crippen LogP contribution >= 0.6 is 0 Å². The van der Waals surface area contributed by atoms with Crippen molar-refractivity contribution in [2.24, 2.45) is 0 Å². The van der Waals surface area contributed by atoms with Gasteiger partial charge in [-0.25, -0.2) is 0 Å².